The largest absolute Gasteiger partial charge is 0.461 e. The first-order valence-electron chi connectivity index (χ1n) is 11.5. The molecule has 5 aromatic rings. The van der Waals surface area contributed by atoms with E-state index in [9.17, 15) is 0 Å². The predicted molar refractivity (Wildman–Crippen MR) is 133 cm³/mol. The summed E-state index contributed by atoms with van der Waals surface area (Å²) in [7, 11) is 0. The number of nitrogens with one attached hydrogen (secondary N) is 1. The molecule has 0 aliphatic rings. The van der Waals surface area contributed by atoms with Crippen molar-refractivity contribution in [3.05, 3.63) is 84.4 Å². The van der Waals surface area contributed by atoms with E-state index in [1.807, 2.05) is 30.3 Å². The number of hydrogen-bond donors (Lipinski definition) is 2. The van der Waals surface area contributed by atoms with E-state index in [0.29, 0.717) is 34.5 Å². The van der Waals surface area contributed by atoms with Crippen LogP contribution in [0.15, 0.2) is 77.7 Å². The van der Waals surface area contributed by atoms with E-state index in [2.05, 4.69) is 51.0 Å². The highest BCUT2D eigenvalue weighted by atomic mass is 16.3. The molecule has 1 unspecified atom stereocenters. The van der Waals surface area contributed by atoms with E-state index in [1.54, 1.807) is 18.7 Å². The van der Waals surface area contributed by atoms with Gasteiger partial charge in [-0.15, -0.1) is 0 Å². The van der Waals surface area contributed by atoms with Gasteiger partial charge in [-0.1, -0.05) is 37.3 Å². The van der Waals surface area contributed by atoms with E-state index in [4.69, 9.17) is 20.1 Å². The molecule has 34 heavy (non-hydrogen) atoms. The van der Waals surface area contributed by atoms with Gasteiger partial charge in [0.15, 0.2) is 28.6 Å². The number of furan rings is 1. The van der Waals surface area contributed by atoms with Gasteiger partial charge in [0.1, 0.15) is 0 Å². The van der Waals surface area contributed by atoms with Gasteiger partial charge in [0.2, 0.25) is 5.95 Å². The third kappa shape index (κ3) is 4.34. The second kappa shape index (κ2) is 9.74. The lowest BCUT2D eigenvalue weighted by Crippen LogP contribution is -2.13. The zero-order chi connectivity index (χ0) is 23.3. The van der Waals surface area contributed by atoms with Crippen molar-refractivity contribution in [2.24, 2.45) is 0 Å². The highest BCUT2D eigenvalue weighted by Crippen LogP contribution is 2.34. The molecule has 0 radical (unpaired) electrons. The molecule has 172 valence electrons. The van der Waals surface area contributed by atoms with Gasteiger partial charge in [0, 0.05) is 18.9 Å². The Hall–Kier alpha value is -4.20. The Kier molecular flexibility index (Phi) is 6.20. The molecule has 0 aliphatic heterocycles. The lowest BCUT2D eigenvalue weighted by Gasteiger charge is -2.20. The van der Waals surface area contributed by atoms with Gasteiger partial charge >= 0.3 is 0 Å². The summed E-state index contributed by atoms with van der Waals surface area (Å²) in [5.74, 6) is 2.16. The van der Waals surface area contributed by atoms with Crippen LogP contribution >= 0.6 is 0 Å². The number of aryl methyl sites for hydroxylation is 1. The van der Waals surface area contributed by atoms with Crippen molar-refractivity contribution in [3.63, 3.8) is 0 Å². The molecule has 1 aromatic carbocycles. The molecular weight excluding hydrogens is 426 g/mol. The molecule has 0 aliphatic carbocycles. The second-order valence-corrected chi connectivity index (χ2v) is 8.11. The fourth-order valence-electron chi connectivity index (χ4n) is 4.24. The summed E-state index contributed by atoms with van der Waals surface area (Å²) in [6, 6.07) is 18.2. The average Bonchev–Trinajstić information content (AvgIpc) is 3.53. The summed E-state index contributed by atoms with van der Waals surface area (Å²) in [6.45, 7) is 2.87. The van der Waals surface area contributed by atoms with Crippen LogP contribution in [0, 0.1) is 0 Å². The molecule has 0 saturated carbocycles. The van der Waals surface area contributed by atoms with Crippen LogP contribution in [0.4, 0.5) is 11.8 Å². The Morgan fingerprint density at radius 3 is 2.56 bits per heavy atom. The maximum Gasteiger partial charge on any atom is 0.226 e. The number of benzene rings is 1. The summed E-state index contributed by atoms with van der Waals surface area (Å²) < 4.78 is 7.81. The van der Waals surface area contributed by atoms with Crippen LogP contribution < -0.4 is 11.1 Å². The Bertz CT molecular complexity index is 1350. The van der Waals surface area contributed by atoms with Gasteiger partial charge in [-0.2, -0.15) is 9.97 Å². The molecule has 0 fully saturated rings. The van der Waals surface area contributed by atoms with E-state index >= 15 is 0 Å². The average molecular weight is 454 g/mol. The summed E-state index contributed by atoms with van der Waals surface area (Å²) in [5, 5.41) is 3.34. The second-order valence-electron chi connectivity index (χ2n) is 8.11. The molecule has 0 saturated heterocycles. The third-order valence-corrected chi connectivity index (χ3v) is 5.87. The first-order valence-corrected chi connectivity index (χ1v) is 11.5. The molecule has 5 rings (SSSR count). The summed E-state index contributed by atoms with van der Waals surface area (Å²) in [5.41, 5.74) is 10.0. The quantitative estimate of drug-likeness (QED) is 0.299. The fourth-order valence-corrected chi connectivity index (χ4v) is 4.24. The van der Waals surface area contributed by atoms with Crippen LogP contribution in [0.3, 0.4) is 0 Å². The molecule has 0 spiro atoms. The van der Waals surface area contributed by atoms with Crippen molar-refractivity contribution in [1.29, 1.82) is 0 Å². The van der Waals surface area contributed by atoms with E-state index in [-0.39, 0.29) is 6.04 Å². The fraction of sp³-hybridized carbons (Fsp3) is 0.231. The molecular formula is C26H27N7O. The number of pyridine rings is 1. The normalized spacial score (nSPS) is 12.1. The topological polar surface area (TPSA) is 108 Å². The molecule has 8 heteroatoms. The van der Waals surface area contributed by atoms with Crippen molar-refractivity contribution >= 4 is 22.9 Å². The van der Waals surface area contributed by atoms with Gasteiger partial charge < -0.3 is 15.5 Å². The minimum Gasteiger partial charge on any atom is -0.461 e. The number of anilines is 2. The minimum atomic E-state index is -0.0201. The number of nitrogens with two attached hydrogens (primary N) is 1. The zero-order valence-electron chi connectivity index (χ0n) is 19.1. The van der Waals surface area contributed by atoms with Crippen molar-refractivity contribution in [2.75, 3.05) is 17.6 Å². The first kappa shape index (κ1) is 21.6. The Labute approximate surface area is 197 Å². The Morgan fingerprint density at radius 1 is 1.00 bits per heavy atom. The molecule has 0 bridgehead atoms. The predicted octanol–water partition coefficient (Wildman–Crippen LogP) is 5.11. The number of rotatable bonds is 9. The molecule has 4 aromatic heterocycles. The summed E-state index contributed by atoms with van der Waals surface area (Å²) >= 11 is 0. The highest BCUT2D eigenvalue weighted by Gasteiger charge is 2.25. The zero-order valence-corrected chi connectivity index (χ0v) is 19.1. The first-order chi connectivity index (χ1) is 16.7. The van der Waals surface area contributed by atoms with Crippen LogP contribution in [0.5, 0.6) is 0 Å². The number of fused-ring (bicyclic) bond motifs is 1. The molecule has 1 atom stereocenters. The number of hydrogen-bond acceptors (Lipinski definition) is 7. The van der Waals surface area contributed by atoms with Gasteiger partial charge in [0.25, 0.3) is 0 Å². The van der Waals surface area contributed by atoms with Gasteiger partial charge in [-0.25, -0.2) is 4.98 Å². The molecule has 0 amide bonds. The lowest BCUT2D eigenvalue weighted by atomic mass is 10.1. The van der Waals surface area contributed by atoms with E-state index < -0.39 is 0 Å². The van der Waals surface area contributed by atoms with Crippen LogP contribution in [-0.2, 0) is 6.42 Å². The summed E-state index contributed by atoms with van der Waals surface area (Å²) in [6.07, 6.45) is 8.00. The van der Waals surface area contributed by atoms with Crippen LogP contribution in [-0.4, -0.2) is 31.0 Å². The molecule has 8 nitrogen and oxygen atoms in total. The maximum absolute atomic E-state index is 6.36. The monoisotopic (exact) mass is 453 g/mol. The smallest absolute Gasteiger partial charge is 0.226 e. The Balaban J connectivity index is 1.50. The number of imidazole rings is 1. The molecule has 4 heterocycles. The van der Waals surface area contributed by atoms with Gasteiger partial charge in [-0.3, -0.25) is 9.55 Å². The minimum absolute atomic E-state index is 0.0201. The van der Waals surface area contributed by atoms with E-state index in [1.165, 1.54) is 5.56 Å². The van der Waals surface area contributed by atoms with Crippen LogP contribution in [0.2, 0.25) is 0 Å². The van der Waals surface area contributed by atoms with E-state index in [0.717, 1.165) is 31.4 Å². The number of aromatic nitrogens is 5. The van der Waals surface area contributed by atoms with Crippen molar-refractivity contribution in [2.45, 2.75) is 32.2 Å². The van der Waals surface area contributed by atoms with Crippen molar-refractivity contribution < 1.29 is 4.42 Å². The number of nitrogens with zero attached hydrogens (tertiary/aromatic N) is 5. The standard InChI is InChI=1S/C26H27N7O/c1-2-20(19-12-15-28-16-13-19)33-24(21-11-7-17-34-21)30-22-23(27)31-26(32-25(22)33)29-14-6-10-18-8-4-3-5-9-18/h3-5,7-9,11-13,15-17,20H,2,6,10,14H2,1H3,(H3,27,29,31,32). The number of nitrogen functional groups attached to an aromatic ring is 1. The summed E-state index contributed by atoms with van der Waals surface area (Å²) in [4.78, 5) is 18.3. The van der Waals surface area contributed by atoms with Gasteiger partial charge in [-0.05, 0) is 54.7 Å². The Morgan fingerprint density at radius 2 is 1.82 bits per heavy atom. The third-order valence-electron chi connectivity index (χ3n) is 5.87. The lowest BCUT2D eigenvalue weighted by molar-refractivity contribution is 0.545. The molecule has 3 N–H and O–H groups in total. The van der Waals surface area contributed by atoms with Crippen LogP contribution in [0.25, 0.3) is 22.7 Å². The highest BCUT2D eigenvalue weighted by molar-refractivity contribution is 5.86. The van der Waals surface area contributed by atoms with Gasteiger partial charge in [0.05, 0.1) is 12.3 Å². The van der Waals surface area contributed by atoms with Crippen molar-refractivity contribution in [3.8, 4) is 11.6 Å². The van der Waals surface area contributed by atoms with Crippen molar-refractivity contribution in [1.82, 2.24) is 24.5 Å². The maximum atomic E-state index is 6.36. The van der Waals surface area contributed by atoms with Crippen LogP contribution in [0.1, 0.15) is 36.9 Å². The SMILES string of the molecule is CCC(c1ccncc1)n1c(-c2ccco2)nc2c(N)nc(NCCCc3ccccc3)nc21.